The molecule has 2 aromatic carbocycles. The topological polar surface area (TPSA) is 81.9 Å². The van der Waals surface area contributed by atoms with Crippen LogP contribution in [0.5, 0.6) is 11.5 Å². The van der Waals surface area contributed by atoms with E-state index in [0.717, 1.165) is 10.1 Å². The Labute approximate surface area is 140 Å². The van der Waals surface area contributed by atoms with Crippen LogP contribution < -0.4 is 5.43 Å². The molecule has 1 aromatic heterocycles. The Morgan fingerprint density at radius 2 is 2.00 bits per heavy atom. The van der Waals surface area contributed by atoms with E-state index >= 15 is 0 Å². The quantitative estimate of drug-likeness (QED) is 0.499. The molecule has 1 amide bonds. The number of aromatic hydroxyl groups is 2. The van der Waals surface area contributed by atoms with Crippen LogP contribution in [0.2, 0.25) is 5.02 Å². The fourth-order valence-electron chi connectivity index (χ4n) is 2.01. The number of halogens is 1. The summed E-state index contributed by atoms with van der Waals surface area (Å²) in [5.74, 6) is -0.616. The third-order valence-corrected chi connectivity index (χ3v) is 4.80. The zero-order valence-electron chi connectivity index (χ0n) is 11.7. The lowest BCUT2D eigenvalue weighted by atomic mass is 10.2. The molecule has 0 atom stereocenters. The number of hydrazone groups is 1. The molecule has 3 aromatic rings. The first-order valence-corrected chi connectivity index (χ1v) is 7.78. The molecule has 0 radical (unpaired) electrons. The summed E-state index contributed by atoms with van der Waals surface area (Å²) in [6.07, 6.45) is 1.29. The molecule has 3 N–H and O–H groups in total. The van der Waals surface area contributed by atoms with Crippen molar-refractivity contribution in [2.75, 3.05) is 0 Å². The highest BCUT2D eigenvalue weighted by molar-refractivity contribution is 7.21. The highest BCUT2D eigenvalue weighted by atomic mass is 35.5. The third-order valence-electron chi connectivity index (χ3n) is 3.12. The van der Waals surface area contributed by atoms with Gasteiger partial charge in [-0.05, 0) is 18.2 Å². The normalized spacial score (nSPS) is 11.2. The molecule has 0 saturated heterocycles. The van der Waals surface area contributed by atoms with Crippen molar-refractivity contribution in [1.82, 2.24) is 5.43 Å². The van der Waals surface area contributed by atoms with Crippen molar-refractivity contribution in [3.63, 3.8) is 0 Å². The van der Waals surface area contributed by atoms with Crippen LogP contribution in [-0.4, -0.2) is 22.3 Å². The Hall–Kier alpha value is -2.57. The molecule has 0 aliphatic rings. The summed E-state index contributed by atoms with van der Waals surface area (Å²) in [4.78, 5) is 12.5. The van der Waals surface area contributed by atoms with Gasteiger partial charge in [0.1, 0.15) is 16.4 Å². The molecule has 0 aliphatic carbocycles. The Balaban J connectivity index is 1.78. The van der Waals surface area contributed by atoms with E-state index < -0.39 is 5.91 Å². The van der Waals surface area contributed by atoms with Crippen LogP contribution in [0.1, 0.15) is 15.2 Å². The van der Waals surface area contributed by atoms with E-state index in [-0.39, 0.29) is 11.5 Å². The van der Waals surface area contributed by atoms with Crippen molar-refractivity contribution in [3.8, 4) is 11.5 Å². The van der Waals surface area contributed by atoms with E-state index in [9.17, 15) is 15.0 Å². The van der Waals surface area contributed by atoms with Gasteiger partial charge in [0.25, 0.3) is 5.91 Å². The molecule has 0 spiro atoms. The summed E-state index contributed by atoms with van der Waals surface area (Å²) in [6.45, 7) is 0. The first kappa shape index (κ1) is 15.3. The molecule has 0 fully saturated rings. The predicted octanol–water partition coefficient (Wildman–Crippen LogP) is 3.73. The Kier molecular flexibility index (Phi) is 4.18. The number of carbonyl (C=O) groups excluding carboxylic acids is 1. The lowest BCUT2D eigenvalue weighted by molar-refractivity contribution is 0.0959. The summed E-state index contributed by atoms with van der Waals surface area (Å²) in [5, 5.41) is 23.9. The Bertz CT molecular complexity index is 921. The van der Waals surface area contributed by atoms with Crippen LogP contribution in [0, 0.1) is 0 Å². The fourth-order valence-corrected chi connectivity index (χ4v) is 3.42. The van der Waals surface area contributed by atoms with Gasteiger partial charge >= 0.3 is 0 Å². The summed E-state index contributed by atoms with van der Waals surface area (Å²) in [5.41, 5.74) is 2.74. The number of benzene rings is 2. The molecule has 0 aliphatic heterocycles. The molecule has 5 nitrogen and oxygen atoms in total. The molecule has 3 rings (SSSR count). The number of fused-ring (bicyclic) bond motifs is 1. The number of nitrogens with one attached hydrogen (secondary N) is 1. The minimum atomic E-state index is -0.425. The minimum Gasteiger partial charge on any atom is -0.508 e. The number of hydrogen-bond donors (Lipinski definition) is 3. The first-order chi connectivity index (χ1) is 11.1. The van der Waals surface area contributed by atoms with Crippen LogP contribution in [0.15, 0.2) is 47.6 Å². The zero-order valence-corrected chi connectivity index (χ0v) is 13.2. The summed E-state index contributed by atoms with van der Waals surface area (Å²) in [7, 11) is 0. The number of phenolic OH excluding ortho intramolecular Hbond substituents is 2. The van der Waals surface area contributed by atoms with Gasteiger partial charge in [0.2, 0.25) is 0 Å². The maximum absolute atomic E-state index is 12.2. The van der Waals surface area contributed by atoms with Crippen molar-refractivity contribution in [3.05, 3.63) is 57.9 Å². The van der Waals surface area contributed by atoms with Gasteiger partial charge in [-0.15, -0.1) is 11.3 Å². The summed E-state index contributed by atoms with van der Waals surface area (Å²) >= 11 is 7.50. The van der Waals surface area contributed by atoms with Crippen molar-refractivity contribution < 1.29 is 15.0 Å². The van der Waals surface area contributed by atoms with Gasteiger partial charge in [-0.25, -0.2) is 5.43 Å². The van der Waals surface area contributed by atoms with Crippen LogP contribution >= 0.6 is 22.9 Å². The van der Waals surface area contributed by atoms with Gasteiger partial charge in [0.05, 0.1) is 11.2 Å². The molecule has 116 valence electrons. The fraction of sp³-hybridized carbons (Fsp3) is 0. The molecule has 7 heteroatoms. The van der Waals surface area contributed by atoms with E-state index in [4.69, 9.17) is 11.6 Å². The van der Waals surface area contributed by atoms with Gasteiger partial charge in [-0.3, -0.25) is 4.79 Å². The number of thiophene rings is 1. The van der Waals surface area contributed by atoms with E-state index in [2.05, 4.69) is 10.5 Å². The SMILES string of the molecule is O=C(NN=Cc1ccc(O)cc1O)c1sc2ccccc2c1Cl. The molecule has 1 heterocycles. The number of carbonyl (C=O) groups is 1. The number of phenols is 2. The van der Waals surface area contributed by atoms with Gasteiger partial charge < -0.3 is 10.2 Å². The van der Waals surface area contributed by atoms with E-state index in [1.165, 1.54) is 35.8 Å². The first-order valence-electron chi connectivity index (χ1n) is 6.58. The average Bonchev–Trinajstić information content (AvgIpc) is 2.87. The second-order valence-corrected chi connectivity index (χ2v) is 6.11. The van der Waals surface area contributed by atoms with E-state index in [0.29, 0.717) is 15.5 Å². The predicted molar refractivity (Wildman–Crippen MR) is 91.7 cm³/mol. The molecule has 23 heavy (non-hydrogen) atoms. The highest BCUT2D eigenvalue weighted by Gasteiger charge is 2.16. The van der Waals surface area contributed by atoms with Gasteiger partial charge in [-0.1, -0.05) is 29.8 Å². The van der Waals surface area contributed by atoms with Crippen molar-refractivity contribution in [2.24, 2.45) is 5.10 Å². The van der Waals surface area contributed by atoms with Crippen LogP contribution in [-0.2, 0) is 0 Å². The van der Waals surface area contributed by atoms with Crippen molar-refractivity contribution in [1.29, 1.82) is 0 Å². The Morgan fingerprint density at radius 1 is 1.22 bits per heavy atom. The molecule has 0 saturated carbocycles. The molecular weight excluding hydrogens is 336 g/mol. The largest absolute Gasteiger partial charge is 0.508 e. The minimum absolute atomic E-state index is 0.0549. The average molecular weight is 347 g/mol. The molecule has 0 unspecified atom stereocenters. The lowest BCUT2D eigenvalue weighted by Gasteiger charge is -2.00. The van der Waals surface area contributed by atoms with Gasteiger partial charge in [-0.2, -0.15) is 5.10 Å². The van der Waals surface area contributed by atoms with Gasteiger partial charge in [0.15, 0.2) is 0 Å². The lowest BCUT2D eigenvalue weighted by Crippen LogP contribution is -2.16. The van der Waals surface area contributed by atoms with Crippen molar-refractivity contribution in [2.45, 2.75) is 0 Å². The smallest absolute Gasteiger partial charge is 0.283 e. The van der Waals surface area contributed by atoms with Gasteiger partial charge in [0, 0.05) is 21.7 Å². The Morgan fingerprint density at radius 3 is 2.74 bits per heavy atom. The third kappa shape index (κ3) is 3.13. The number of rotatable bonds is 3. The van der Waals surface area contributed by atoms with Crippen molar-refractivity contribution >= 4 is 45.1 Å². The molecule has 0 bridgehead atoms. The van der Waals surface area contributed by atoms with Crippen LogP contribution in [0.25, 0.3) is 10.1 Å². The molecular formula is C16H11ClN2O3S. The standard InChI is InChI=1S/C16H11ClN2O3S/c17-14-11-3-1-2-4-13(11)23-15(14)16(22)19-18-8-9-5-6-10(20)7-12(9)21/h1-8,20-21H,(H,19,22). The highest BCUT2D eigenvalue weighted by Crippen LogP contribution is 2.34. The van der Waals surface area contributed by atoms with E-state index in [1.807, 2.05) is 24.3 Å². The van der Waals surface area contributed by atoms with Crippen LogP contribution in [0.3, 0.4) is 0 Å². The maximum atomic E-state index is 12.2. The van der Waals surface area contributed by atoms with E-state index in [1.54, 1.807) is 0 Å². The number of hydrogen-bond acceptors (Lipinski definition) is 5. The second-order valence-electron chi connectivity index (χ2n) is 4.68. The monoisotopic (exact) mass is 346 g/mol. The second kappa shape index (κ2) is 6.28. The number of amides is 1. The zero-order chi connectivity index (χ0) is 16.4. The summed E-state index contributed by atoms with van der Waals surface area (Å²) < 4.78 is 0.919. The number of nitrogens with zero attached hydrogens (tertiary/aromatic N) is 1. The van der Waals surface area contributed by atoms with Crippen LogP contribution in [0.4, 0.5) is 0 Å². The maximum Gasteiger partial charge on any atom is 0.283 e. The summed E-state index contributed by atoms with van der Waals surface area (Å²) in [6, 6.07) is 11.5.